The van der Waals surface area contributed by atoms with Crippen molar-refractivity contribution >= 4 is 28.5 Å². The minimum Gasteiger partial charge on any atom is -0.616 e. The van der Waals surface area contributed by atoms with Gasteiger partial charge in [0, 0.05) is 30.0 Å². The van der Waals surface area contributed by atoms with Crippen molar-refractivity contribution in [2.45, 2.75) is 19.8 Å². The van der Waals surface area contributed by atoms with Gasteiger partial charge in [-0.1, -0.05) is 32.0 Å². The van der Waals surface area contributed by atoms with Gasteiger partial charge in [-0.3, -0.25) is 9.44 Å². The first-order valence-corrected chi connectivity index (χ1v) is 8.68. The molecule has 4 nitrogen and oxygen atoms in total. The molecular formula is C22H20N2O2. The molecule has 0 bridgehead atoms. The Morgan fingerprint density at radius 3 is 2.23 bits per heavy atom. The molecule has 4 rings (SSSR count). The van der Waals surface area contributed by atoms with E-state index in [1.54, 1.807) is 54.6 Å². The van der Waals surface area contributed by atoms with Gasteiger partial charge in [0.1, 0.15) is 5.69 Å². The molecule has 0 saturated carbocycles. The van der Waals surface area contributed by atoms with Crippen molar-refractivity contribution < 1.29 is 4.79 Å². The first kappa shape index (κ1) is 16.5. The number of rotatable bonds is 2. The van der Waals surface area contributed by atoms with Crippen molar-refractivity contribution in [3.8, 4) is 0 Å². The molecule has 1 heterocycles. The summed E-state index contributed by atoms with van der Waals surface area (Å²) >= 11 is 0. The number of fused-ring (bicyclic) bond motifs is 2. The molecule has 0 amide bonds. The SMILES string of the molecule is CC(C)c1ccc2c(c1)C(=O)c1ccccc1[N+]2([O-])c1ccc(N)cc1. The topological polar surface area (TPSA) is 66.1 Å². The molecule has 2 N–H and O–H groups in total. The van der Waals surface area contributed by atoms with E-state index < -0.39 is 4.65 Å². The zero-order valence-electron chi connectivity index (χ0n) is 14.8. The molecule has 0 saturated heterocycles. The summed E-state index contributed by atoms with van der Waals surface area (Å²) in [6, 6.07) is 19.5. The van der Waals surface area contributed by atoms with Crippen LogP contribution in [0.2, 0.25) is 0 Å². The van der Waals surface area contributed by atoms with Crippen LogP contribution in [0.4, 0.5) is 22.7 Å². The number of ketones is 1. The minimum atomic E-state index is -0.796. The van der Waals surface area contributed by atoms with Gasteiger partial charge in [-0.05, 0) is 35.7 Å². The van der Waals surface area contributed by atoms with E-state index in [0.29, 0.717) is 33.9 Å². The summed E-state index contributed by atoms with van der Waals surface area (Å²) in [7, 11) is 0. The zero-order chi connectivity index (χ0) is 18.5. The van der Waals surface area contributed by atoms with Gasteiger partial charge in [0.05, 0.1) is 11.1 Å². The van der Waals surface area contributed by atoms with Gasteiger partial charge in [-0.15, -0.1) is 0 Å². The van der Waals surface area contributed by atoms with Crippen LogP contribution in [0.5, 0.6) is 0 Å². The molecule has 1 unspecified atom stereocenters. The third kappa shape index (κ3) is 2.27. The summed E-state index contributed by atoms with van der Waals surface area (Å²) in [5.74, 6) is 0.175. The molecule has 3 aromatic carbocycles. The highest BCUT2D eigenvalue weighted by atomic mass is 16.5. The Morgan fingerprint density at radius 2 is 1.54 bits per heavy atom. The van der Waals surface area contributed by atoms with E-state index in [-0.39, 0.29) is 11.7 Å². The first-order valence-electron chi connectivity index (χ1n) is 8.68. The summed E-state index contributed by atoms with van der Waals surface area (Å²) < 4.78 is -0.796. The molecule has 1 aliphatic rings. The standard InChI is InChI=1S/C22H20N2O2/c1-14(2)15-7-12-21-19(13-15)22(25)18-5-3-4-6-20(18)24(21,26)17-10-8-16(23)9-11-17/h3-14H,23H2,1-2H3. The van der Waals surface area contributed by atoms with Crippen molar-refractivity contribution in [2.75, 3.05) is 5.73 Å². The molecule has 1 aliphatic heterocycles. The quantitative estimate of drug-likeness (QED) is 0.384. The Bertz CT molecular complexity index is 1010. The molecule has 4 heteroatoms. The fourth-order valence-corrected chi connectivity index (χ4v) is 3.55. The number of anilines is 1. The van der Waals surface area contributed by atoms with Crippen LogP contribution in [0.3, 0.4) is 0 Å². The summed E-state index contributed by atoms with van der Waals surface area (Å²) in [6.45, 7) is 4.14. The van der Waals surface area contributed by atoms with Gasteiger partial charge >= 0.3 is 0 Å². The highest BCUT2D eigenvalue weighted by Crippen LogP contribution is 2.50. The van der Waals surface area contributed by atoms with E-state index in [2.05, 4.69) is 13.8 Å². The fourth-order valence-electron chi connectivity index (χ4n) is 3.55. The van der Waals surface area contributed by atoms with Crippen molar-refractivity contribution in [1.29, 1.82) is 0 Å². The maximum atomic E-state index is 14.3. The second-order valence-corrected chi connectivity index (χ2v) is 6.98. The highest BCUT2D eigenvalue weighted by Gasteiger charge is 2.40. The van der Waals surface area contributed by atoms with E-state index in [1.807, 2.05) is 12.1 Å². The minimum absolute atomic E-state index is 0.0989. The van der Waals surface area contributed by atoms with E-state index in [9.17, 15) is 10.0 Å². The Hall–Kier alpha value is -2.95. The van der Waals surface area contributed by atoms with E-state index in [4.69, 9.17) is 5.73 Å². The molecule has 130 valence electrons. The average molecular weight is 344 g/mol. The summed E-state index contributed by atoms with van der Waals surface area (Å²) in [4.78, 5) is 13.1. The molecule has 0 fully saturated rings. The Labute approximate surface area is 152 Å². The molecular weight excluding hydrogens is 324 g/mol. The molecule has 0 aromatic heterocycles. The molecule has 0 aliphatic carbocycles. The van der Waals surface area contributed by atoms with Crippen molar-refractivity contribution in [2.24, 2.45) is 0 Å². The fraction of sp³-hybridized carbons (Fsp3) is 0.136. The van der Waals surface area contributed by atoms with Crippen LogP contribution in [-0.4, -0.2) is 5.78 Å². The number of hydrogen-bond donors (Lipinski definition) is 1. The Balaban J connectivity index is 2.05. The molecule has 1 atom stereocenters. The first-order chi connectivity index (χ1) is 12.4. The number of nitrogens with zero attached hydrogens (tertiary/aromatic N) is 1. The largest absolute Gasteiger partial charge is 0.616 e. The highest BCUT2D eigenvalue weighted by molar-refractivity contribution is 6.19. The Kier molecular flexibility index (Phi) is 3.68. The predicted molar refractivity (Wildman–Crippen MR) is 106 cm³/mol. The second kappa shape index (κ2) is 5.80. The zero-order valence-corrected chi connectivity index (χ0v) is 14.8. The van der Waals surface area contributed by atoms with Crippen LogP contribution in [0, 0.1) is 5.21 Å². The summed E-state index contributed by atoms with van der Waals surface area (Å²) in [5.41, 5.74) is 9.77. The van der Waals surface area contributed by atoms with Gasteiger partial charge in [0.15, 0.2) is 11.4 Å². The van der Waals surface area contributed by atoms with Gasteiger partial charge in [0.25, 0.3) is 0 Å². The van der Waals surface area contributed by atoms with E-state index in [0.717, 1.165) is 5.56 Å². The summed E-state index contributed by atoms with van der Waals surface area (Å²) in [5, 5.41) is 14.3. The van der Waals surface area contributed by atoms with Crippen LogP contribution >= 0.6 is 0 Å². The molecule has 26 heavy (non-hydrogen) atoms. The van der Waals surface area contributed by atoms with Crippen molar-refractivity contribution in [1.82, 2.24) is 4.65 Å². The second-order valence-electron chi connectivity index (χ2n) is 6.98. The number of para-hydroxylation sites is 1. The maximum absolute atomic E-state index is 14.3. The van der Waals surface area contributed by atoms with E-state index in [1.165, 1.54) is 0 Å². The van der Waals surface area contributed by atoms with Gasteiger partial charge in [-0.25, -0.2) is 0 Å². The van der Waals surface area contributed by atoms with Crippen LogP contribution < -0.4 is 10.4 Å². The maximum Gasteiger partial charge on any atom is 0.205 e. The number of carbonyl (C=O) groups is 1. The number of carbonyl (C=O) groups excluding carboxylic acids is 1. The smallest absolute Gasteiger partial charge is 0.205 e. The molecule has 0 spiro atoms. The monoisotopic (exact) mass is 344 g/mol. The number of nitrogens with two attached hydrogens (primary N) is 1. The number of nitrogen functional groups attached to an aromatic ring is 1. The van der Waals surface area contributed by atoms with Crippen LogP contribution in [-0.2, 0) is 0 Å². The average Bonchev–Trinajstić information content (AvgIpc) is 2.66. The lowest BCUT2D eigenvalue weighted by molar-refractivity contribution is 0.103. The van der Waals surface area contributed by atoms with Gasteiger partial charge in [0.2, 0.25) is 5.78 Å². The third-order valence-electron chi connectivity index (χ3n) is 5.02. The predicted octanol–water partition coefficient (Wildman–Crippen LogP) is 5.41. The Morgan fingerprint density at radius 1 is 0.885 bits per heavy atom. The van der Waals surface area contributed by atoms with Gasteiger partial charge in [-0.2, -0.15) is 0 Å². The van der Waals surface area contributed by atoms with Gasteiger partial charge < -0.3 is 10.9 Å². The van der Waals surface area contributed by atoms with Crippen LogP contribution in [0.15, 0.2) is 66.7 Å². The van der Waals surface area contributed by atoms with E-state index >= 15 is 0 Å². The number of quaternary nitrogens is 1. The number of hydrogen-bond acceptors (Lipinski definition) is 3. The normalized spacial score (nSPS) is 18.5. The molecule has 0 radical (unpaired) electrons. The van der Waals surface area contributed by atoms with Crippen LogP contribution in [0.1, 0.15) is 41.3 Å². The lowest BCUT2D eigenvalue weighted by Crippen LogP contribution is -2.37. The molecule has 3 aromatic rings. The van der Waals surface area contributed by atoms with Crippen molar-refractivity contribution in [3.05, 3.63) is 88.6 Å². The summed E-state index contributed by atoms with van der Waals surface area (Å²) in [6.07, 6.45) is 0. The third-order valence-corrected chi connectivity index (χ3v) is 5.02. The lowest BCUT2D eigenvalue weighted by atomic mass is 9.90. The van der Waals surface area contributed by atoms with Crippen LogP contribution in [0.25, 0.3) is 0 Å². The lowest BCUT2D eigenvalue weighted by Gasteiger charge is -2.45. The number of benzene rings is 3. The van der Waals surface area contributed by atoms with Crippen molar-refractivity contribution in [3.63, 3.8) is 0 Å².